The molecule has 0 fully saturated rings. The number of rotatable bonds is 9. The van der Waals surface area contributed by atoms with E-state index in [1.165, 1.54) is 7.11 Å². The van der Waals surface area contributed by atoms with Crippen LogP contribution in [0.1, 0.15) is 13.3 Å². The van der Waals surface area contributed by atoms with Gasteiger partial charge < -0.3 is 9.26 Å². The molecular formula is C19H22NO5P. The van der Waals surface area contributed by atoms with E-state index in [0.29, 0.717) is 17.7 Å². The highest BCUT2D eigenvalue weighted by molar-refractivity contribution is 7.57. The summed E-state index contributed by atoms with van der Waals surface area (Å²) in [6.45, 7) is 1.45. The standard InChI is InChI=1S/C19H22NO5P/c1-15(14-21)6-5-11-26(23,20-13-19(22)24-2)25-18-10-9-16-7-3-4-8-17(16)12-18/h3-4,6-10,12,14H,5,11,13H2,1-2H3,(H,20,23)/b15-6+. The van der Waals surface area contributed by atoms with E-state index in [9.17, 15) is 14.2 Å². The summed E-state index contributed by atoms with van der Waals surface area (Å²) in [5.41, 5.74) is 0.551. The summed E-state index contributed by atoms with van der Waals surface area (Å²) >= 11 is 0. The van der Waals surface area contributed by atoms with Gasteiger partial charge in [0.2, 0.25) is 0 Å². The minimum absolute atomic E-state index is 0.141. The molecule has 1 atom stereocenters. The molecule has 138 valence electrons. The Labute approximate surface area is 152 Å². The third-order valence-corrected chi connectivity index (χ3v) is 5.73. The molecule has 0 aliphatic carbocycles. The first-order valence-electron chi connectivity index (χ1n) is 8.17. The minimum Gasteiger partial charge on any atom is -0.468 e. The van der Waals surface area contributed by atoms with Gasteiger partial charge in [-0.1, -0.05) is 36.4 Å². The maximum atomic E-state index is 13.2. The predicted octanol–water partition coefficient (Wildman–Crippen LogP) is 3.71. The summed E-state index contributed by atoms with van der Waals surface area (Å²) in [5.74, 6) is -0.0903. The number of nitrogens with one attached hydrogen (secondary N) is 1. The number of aldehydes is 1. The molecule has 0 aliphatic heterocycles. The lowest BCUT2D eigenvalue weighted by Crippen LogP contribution is -2.25. The maximum Gasteiger partial charge on any atom is 0.320 e. The number of carbonyl (C=O) groups is 2. The number of ether oxygens (including phenoxy) is 1. The molecule has 0 saturated carbocycles. The second-order valence-electron chi connectivity index (χ2n) is 5.76. The number of hydrogen-bond donors (Lipinski definition) is 1. The van der Waals surface area contributed by atoms with Gasteiger partial charge in [0, 0.05) is 0 Å². The van der Waals surface area contributed by atoms with Gasteiger partial charge in [-0.2, -0.15) is 0 Å². The molecule has 7 heteroatoms. The molecule has 1 N–H and O–H groups in total. The van der Waals surface area contributed by atoms with Gasteiger partial charge in [-0.3, -0.25) is 14.2 Å². The Morgan fingerprint density at radius 1 is 1.19 bits per heavy atom. The molecule has 1 unspecified atom stereocenters. The number of benzene rings is 2. The van der Waals surface area contributed by atoms with Crippen LogP contribution in [0.4, 0.5) is 0 Å². The molecule has 0 aromatic heterocycles. The van der Waals surface area contributed by atoms with Crippen molar-refractivity contribution in [3.63, 3.8) is 0 Å². The normalized spacial score (nSPS) is 13.8. The van der Waals surface area contributed by atoms with Crippen molar-refractivity contribution >= 4 is 30.5 Å². The molecular weight excluding hydrogens is 353 g/mol. The highest BCUT2D eigenvalue weighted by atomic mass is 31.2. The fraction of sp³-hybridized carbons (Fsp3) is 0.263. The zero-order chi connectivity index (χ0) is 19.0. The first kappa shape index (κ1) is 19.9. The third-order valence-electron chi connectivity index (χ3n) is 3.74. The highest BCUT2D eigenvalue weighted by Gasteiger charge is 2.25. The van der Waals surface area contributed by atoms with Crippen molar-refractivity contribution in [2.75, 3.05) is 19.8 Å². The lowest BCUT2D eigenvalue weighted by atomic mass is 10.1. The van der Waals surface area contributed by atoms with Crippen LogP contribution in [0.2, 0.25) is 0 Å². The Morgan fingerprint density at radius 2 is 1.92 bits per heavy atom. The summed E-state index contributed by atoms with van der Waals surface area (Å²) in [5, 5.41) is 4.68. The number of allylic oxidation sites excluding steroid dienone is 2. The van der Waals surface area contributed by atoms with Gasteiger partial charge in [0.1, 0.15) is 18.6 Å². The number of esters is 1. The Morgan fingerprint density at radius 3 is 2.62 bits per heavy atom. The second kappa shape index (κ2) is 9.32. The molecule has 0 radical (unpaired) electrons. The predicted molar refractivity (Wildman–Crippen MR) is 102 cm³/mol. The first-order chi connectivity index (χ1) is 12.5. The quantitative estimate of drug-likeness (QED) is 0.311. The van der Waals surface area contributed by atoms with Gasteiger partial charge in [0.15, 0.2) is 0 Å². The molecule has 0 bridgehead atoms. The summed E-state index contributed by atoms with van der Waals surface area (Å²) in [7, 11) is -2.11. The van der Waals surface area contributed by atoms with Gasteiger partial charge in [-0.25, -0.2) is 5.09 Å². The second-order valence-corrected chi connectivity index (χ2v) is 8.06. The van der Waals surface area contributed by atoms with E-state index >= 15 is 0 Å². The third kappa shape index (κ3) is 5.83. The topological polar surface area (TPSA) is 81.7 Å². The van der Waals surface area contributed by atoms with E-state index in [0.717, 1.165) is 17.1 Å². The number of carbonyl (C=O) groups excluding carboxylic acids is 2. The van der Waals surface area contributed by atoms with Crippen LogP contribution >= 0.6 is 7.52 Å². The molecule has 0 saturated heterocycles. The fourth-order valence-electron chi connectivity index (χ4n) is 2.32. The monoisotopic (exact) mass is 375 g/mol. The molecule has 0 spiro atoms. The van der Waals surface area contributed by atoms with Crippen LogP contribution in [0, 0.1) is 0 Å². The van der Waals surface area contributed by atoms with Crippen molar-refractivity contribution in [2.24, 2.45) is 0 Å². The van der Waals surface area contributed by atoms with Crippen LogP contribution in [0.3, 0.4) is 0 Å². The van der Waals surface area contributed by atoms with E-state index in [2.05, 4.69) is 9.82 Å². The SMILES string of the molecule is COC(=O)CNP(=O)(CC/C=C(\C)C=O)Oc1ccc2ccccc2c1. The number of methoxy groups -OCH3 is 1. The molecule has 26 heavy (non-hydrogen) atoms. The number of fused-ring (bicyclic) bond motifs is 1. The summed E-state index contributed by atoms with van der Waals surface area (Å²) in [4.78, 5) is 22.1. The van der Waals surface area contributed by atoms with Crippen LogP contribution in [0.5, 0.6) is 5.75 Å². The Balaban J connectivity index is 2.18. The fourth-order valence-corrected chi connectivity index (χ4v) is 3.93. The Bertz CT molecular complexity index is 862. The average Bonchev–Trinajstić information content (AvgIpc) is 2.65. The van der Waals surface area contributed by atoms with Crippen LogP contribution in [0.25, 0.3) is 10.8 Å². The zero-order valence-corrected chi connectivity index (χ0v) is 15.7. The van der Waals surface area contributed by atoms with E-state index in [1.54, 1.807) is 25.1 Å². The van der Waals surface area contributed by atoms with Crippen molar-refractivity contribution in [3.8, 4) is 5.75 Å². The smallest absolute Gasteiger partial charge is 0.320 e. The molecule has 0 amide bonds. The molecule has 0 heterocycles. The summed E-state index contributed by atoms with van der Waals surface area (Å²) in [6, 6.07) is 13.2. The Hall–Kier alpha value is -2.43. The lowest BCUT2D eigenvalue weighted by molar-refractivity contribution is -0.139. The van der Waals surface area contributed by atoms with E-state index in [4.69, 9.17) is 4.52 Å². The van der Waals surface area contributed by atoms with Crippen molar-refractivity contribution in [1.82, 2.24) is 5.09 Å². The van der Waals surface area contributed by atoms with E-state index < -0.39 is 13.5 Å². The molecule has 2 aromatic carbocycles. The van der Waals surface area contributed by atoms with Crippen LogP contribution < -0.4 is 9.61 Å². The lowest BCUT2D eigenvalue weighted by Gasteiger charge is -2.20. The summed E-state index contributed by atoms with van der Waals surface area (Å²) in [6.07, 6.45) is 2.94. The molecule has 0 aliphatic rings. The van der Waals surface area contributed by atoms with Gasteiger partial charge in [0.05, 0.1) is 13.3 Å². The average molecular weight is 375 g/mol. The van der Waals surface area contributed by atoms with E-state index in [-0.39, 0.29) is 12.7 Å². The maximum absolute atomic E-state index is 13.2. The van der Waals surface area contributed by atoms with Gasteiger partial charge >= 0.3 is 13.5 Å². The molecule has 6 nitrogen and oxygen atoms in total. The molecule has 2 aromatic rings. The largest absolute Gasteiger partial charge is 0.468 e. The van der Waals surface area contributed by atoms with Crippen molar-refractivity contribution < 1.29 is 23.4 Å². The Kier molecular flexibility index (Phi) is 7.13. The van der Waals surface area contributed by atoms with Crippen LogP contribution in [-0.4, -0.2) is 32.1 Å². The van der Waals surface area contributed by atoms with Crippen LogP contribution in [-0.2, 0) is 18.9 Å². The van der Waals surface area contributed by atoms with Crippen molar-refractivity contribution in [2.45, 2.75) is 13.3 Å². The highest BCUT2D eigenvalue weighted by Crippen LogP contribution is 2.44. The van der Waals surface area contributed by atoms with Gasteiger partial charge in [0.25, 0.3) is 0 Å². The van der Waals surface area contributed by atoms with Crippen molar-refractivity contribution in [1.29, 1.82) is 0 Å². The van der Waals surface area contributed by atoms with Crippen LogP contribution in [0.15, 0.2) is 54.1 Å². The first-order valence-corrected chi connectivity index (χ1v) is 9.98. The van der Waals surface area contributed by atoms with Gasteiger partial charge in [-0.05, 0) is 41.8 Å². The van der Waals surface area contributed by atoms with Gasteiger partial charge in [-0.15, -0.1) is 0 Å². The van der Waals surface area contributed by atoms with Crippen molar-refractivity contribution in [3.05, 3.63) is 54.1 Å². The minimum atomic E-state index is -3.36. The summed E-state index contributed by atoms with van der Waals surface area (Å²) < 4.78 is 23.5. The van der Waals surface area contributed by atoms with E-state index in [1.807, 2.05) is 30.3 Å². The zero-order valence-electron chi connectivity index (χ0n) is 14.8. The molecule has 2 rings (SSSR count). The number of hydrogen-bond acceptors (Lipinski definition) is 5.